The van der Waals surface area contributed by atoms with Crippen molar-refractivity contribution < 1.29 is 4.74 Å². The van der Waals surface area contributed by atoms with Crippen molar-refractivity contribution in [3.8, 4) is 0 Å². The molecule has 0 amide bonds. The molecule has 2 fully saturated rings. The average Bonchev–Trinajstić information content (AvgIpc) is 2.39. The van der Waals surface area contributed by atoms with Crippen molar-refractivity contribution in [1.29, 1.82) is 0 Å². The van der Waals surface area contributed by atoms with Crippen LogP contribution >= 0.6 is 0 Å². The Morgan fingerprint density at radius 1 is 1.11 bits per heavy atom. The molecule has 2 aliphatic rings. The number of hydrogen-bond acceptors (Lipinski definition) is 2. The van der Waals surface area contributed by atoms with E-state index in [2.05, 4.69) is 49.5 Å². The van der Waals surface area contributed by atoms with Gasteiger partial charge in [0.25, 0.3) is 0 Å². The van der Waals surface area contributed by atoms with Crippen molar-refractivity contribution in [1.82, 2.24) is 5.32 Å². The van der Waals surface area contributed by atoms with E-state index in [1.165, 1.54) is 24.8 Å². The van der Waals surface area contributed by atoms with Crippen LogP contribution in [-0.2, 0) is 4.74 Å². The fourth-order valence-electron chi connectivity index (χ4n) is 4.34. The van der Waals surface area contributed by atoms with Gasteiger partial charge in [-0.3, -0.25) is 0 Å². The molecule has 0 radical (unpaired) electrons. The minimum atomic E-state index is 0.396. The molecule has 3 atom stereocenters. The quantitative estimate of drug-likeness (QED) is 0.835. The average molecular weight is 259 g/mol. The van der Waals surface area contributed by atoms with Crippen molar-refractivity contribution in [2.75, 3.05) is 13.1 Å². The first kappa shape index (κ1) is 13.1. The Labute approximate surface area is 116 Å². The molecule has 3 rings (SSSR count). The van der Waals surface area contributed by atoms with Crippen LogP contribution in [0.2, 0.25) is 0 Å². The number of benzene rings is 1. The zero-order valence-electron chi connectivity index (χ0n) is 12.1. The van der Waals surface area contributed by atoms with Gasteiger partial charge in [0.1, 0.15) is 0 Å². The van der Waals surface area contributed by atoms with Crippen molar-refractivity contribution in [2.45, 2.75) is 51.2 Å². The second-order valence-electron chi connectivity index (χ2n) is 6.45. The molecular weight excluding hydrogens is 234 g/mol. The summed E-state index contributed by atoms with van der Waals surface area (Å²) in [7, 11) is 0. The van der Waals surface area contributed by atoms with Crippen LogP contribution in [0.5, 0.6) is 0 Å². The van der Waals surface area contributed by atoms with Crippen molar-refractivity contribution in [2.24, 2.45) is 5.41 Å². The molecule has 1 N–H and O–H groups in total. The van der Waals surface area contributed by atoms with E-state index >= 15 is 0 Å². The molecule has 1 aromatic carbocycles. The van der Waals surface area contributed by atoms with Gasteiger partial charge in [-0.25, -0.2) is 0 Å². The Morgan fingerprint density at radius 3 is 2.47 bits per heavy atom. The van der Waals surface area contributed by atoms with Crippen molar-refractivity contribution in [3.05, 3.63) is 35.9 Å². The van der Waals surface area contributed by atoms with Gasteiger partial charge in [0, 0.05) is 12.5 Å². The Hall–Kier alpha value is -0.860. The Morgan fingerprint density at radius 2 is 1.79 bits per heavy atom. The van der Waals surface area contributed by atoms with Crippen LogP contribution in [0.25, 0.3) is 0 Å². The first-order valence-electron chi connectivity index (χ1n) is 7.61. The van der Waals surface area contributed by atoms with Crippen LogP contribution in [0.4, 0.5) is 0 Å². The highest BCUT2D eigenvalue weighted by atomic mass is 16.5. The van der Waals surface area contributed by atoms with Crippen LogP contribution in [0.15, 0.2) is 30.3 Å². The van der Waals surface area contributed by atoms with Crippen molar-refractivity contribution >= 4 is 0 Å². The maximum Gasteiger partial charge on any atom is 0.0556 e. The van der Waals surface area contributed by atoms with E-state index < -0.39 is 0 Å². The molecule has 2 heteroatoms. The summed E-state index contributed by atoms with van der Waals surface area (Å²) in [5.74, 6) is 0.635. The van der Waals surface area contributed by atoms with Gasteiger partial charge in [-0.05, 0) is 50.6 Å². The first-order chi connectivity index (χ1) is 9.20. The fraction of sp³-hybridized carbons (Fsp3) is 0.647. The van der Waals surface area contributed by atoms with Crippen LogP contribution in [-0.4, -0.2) is 25.3 Å². The third kappa shape index (κ3) is 2.56. The van der Waals surface area contributed by atoms with Crippen LogP contribution in [0, 0.1) is 5.41 Å². The van der Waals surface area contributed by atoms with E-state index in [4.69, 9.17) is 4.74 Å². The molecule has 3 unspecified atom stereocenters. The van der Waals surface area contributed by atoms with Crippen LogP contribution in [0.1, 0.15) is 44.6 Å². The Bertz CT molecular complexity index is 407. The van der Waals surface area contributed by atoms with Gasteiger partial charge in [0.05, 0.1) is 12.2 Å². The summed E-state index contributed by atoms with van der Waals surface area (Å²) < 4.78 is 5.98. The largest absolute Gasteiger partial charge is 0.376 e. The second-order valence-corrected chi connectivity index (χ2v) is 6.45. The molecule has 0 saturated carbocycles. The van der Waals surface area contributed by atoms with E-state index in [0.717, 1.165) is 13.1 Å². The van der Waals surface area contributed by atoms with Gasteiger partial charge < -0.3 is 10.1 Å². The summed E-state index contributed by atoms with van der Waals surface area (Å²) in [6, 6.07) is 11.0. The normalized spacial score (nSPS) is 39.4. The first-order valence-corrected chi connectivity index (χ1v) is 7.61. The lowest BCUT2D eigenvalue weighted by Crippen LogP contribution is -2.49. The summed E-state index contributed by atoms with van der Waals surface area (Å²) in [5, 5.41) is 3.59. The van der Waals surface area contributed by atoms with E-state index in [9.17, 15) is 0 Å². The molecule has 2 aliphatic heterocycles. The Kier molecular flexibility index (Phi) is 3.64. The number of nitrogens with one attached hydrogen (secondary N) is 1. The van der Waals surface area contributed by atoms with Crippen LogP contribution in [0.3, 0.4) is 0 Å². The highest BCUT2D eigenvalue weighted by molar-refractivity contribution is 5.24. The highest BCUT2D eigenvalue weighted by Gasteiger charge is 2.46. The minimum absolute atomic E-state index is 0.396. The number of ether oxygens (including phenoxy) is 1. The van der Waals surface area contributed by atoms with Gasteiger partial charge >= 0.3 is 0 Å². The SMILES string of the molecule is CC1CC2(CCNCC2c2ccccc2)CC(C)O1. The van der Waals surface area contributed by atoms with Gasteiger partial charge in [-0.1, -0.05) is 30.3 Å². The molecule has 2 saturated heterocycles. The maximum absolute atomic E-state index is 5.98. The molecule has 1 spiro atoms. The molecule has 0 aliphatic carbocycles. The predicted octanol–water partition coefficient (Wildman–Crippen LogP) is 3.34. The summed E-state index contributed by atoms with van der Waals surface area (Å²) in [6.07, 6.45) is 4.49. The second kappa shape index (κ2) is 5.26. The third-order valence-electron chi connectivity index (χ3n) is 4.94. The van der Waals surface area contributed by atoms with Crippen LogP contribution < -0.4 is 5.32 Å². The highest BCUT2D eigenvalue weighted by Crippen LogP contribution is 2.50. The lowest BCUT2D eigenvalue weighted by molar-refractivity contribution is -0.103. The summed E-state index contributed by atoms with van der Waals surface area (Å²) in [5.41, 5.74) is 1.93. The molecule has 2 nitrogen and oxygen atoms in total. The topological polar surface area (TPSA) is 21.3 Å². The molecule has 1 aromatic rings. The van der Waals surface area contributed by atoms with Gasteiger partial charge in [0.2, 0.25) is 0 Å². The molecule has 0 bridgehead atoms. The molecule has 2 heterocycles. The number of piperidine rings is 1. The molecular formula is C17H25NO. The molecule has 0 aromatic heterocycles. The van der Waals surface area contributed by atoms with E-state index in [-0.39, 0.29) is 0 Å². The zero-order valence-corrected chi connectivity index (χ0v) is 12.1. The zero-order chi connectivity index (χ0) is 13.3. The van der Waals surface area contributed by atoms with Gasteiger partial charge in [-0.2, -0.15) is 0 Å². The predicted molar refractivity (Wildman–Crippen MR) is 78.3 cm³/mol. The number of rotatable bonds is 1. The molecule has 104 valence electrons. The summed E-state index contributed by atoms with van der Waals surface area (Å²) in [4.78, 5) is 0. The Balaban J connectivity index is 1.92. The van der Waals surface area contributed by atoms with Crippen molar-refractivity contribution in [3.63, 3.8) is 0 Å². The minimum Gasteiger partial charge on any atom is -0.376 e. The summed E-state index contributed by atoms with van der Waals surface area (Å²) in [6.45, 7) is 6.75. The van der Waals surface area contributed by atoms with E-state index in [0.29, 0.717) is 23.5 Å². The maximum atomic E-state index is 5.98. The smallest absolute Gasteiger partial charge is 0.0556 e. The summed E-state index contributed by atoms with van der Waals surface area (Å²) >= 11 is 0. The lowest BCUT2D eigenvalue weighted by atomic mass is 9.61. The van der Waals surface area contributed by atoms with E-state index in [1.807, 2.05) is 0 Å². The fourth-order valence-corrected chi connectivity index (χ4v) is 4.34. The number of hydrogen-bond donors (Lipinski definition) is 1. The monoisotopic (exact) mass is 259 g/mol. The molecule has 19 heavy (non-hydrogen) atoms. The van der Waals surface area contributed by atoms with Gasteiger partial charge in [-0.15, -0.1) is 0 Å². The third-order valence-corrected chi connectivity index (χ3v) is 4.94. The van der Waals surface area contributed by atoms with E-state index in [1.54, 1.807) is 0 Å². The van der Waals surface area contributed by atoms with Gasteiger partial charge in [0.15, 0.2) is 0 Å². The lowest BCUT2D eigenvalue weighted by Gasteiger charge is -2.50. The standard InChI is InChI=1S/C17H25NO/c1-13-10-17(11-14(2)19-13)8-9-18-12-16(17)15-6-4-3-5-7-15/h3-7,13-14,16,18H,8-12H2,1-2H3.